The molecule has 9 heteroatoms. The van der Waals surface area contributed by atoms with Crippen LogP contribution in [0.1, 0.15) is 16.8 Å². The molecule has 0 spiro atoms. The van der Waals surface area contributed by atoms with Crippen LogP contribution in [0.3, 0.4) is 0 Å². The summed E-state index contributed by atoms with van der Waals surface area (Å²) < 4.78 is 31.5. The standard InChI is InChI=1S/C17H26N4O4S/c1-20(2)26(23,24)14-3-4-16(21-7-9-25-10-8-21)15(11-14)17(22)19-13-5-6-18-12-13/h3-4,11,13,18H,5-10,12H2,1-2H3,(H,19,22). The van der Waals surface area contributed by atoms with E-state index in [4.69, 9.17) is 4.74 Å². The van der Waals surface area contributed by atoms with Crippen molar-refractivity contribution in [1.82, 2.24) is 14.9 Å². The van der Waals surface area contributed by atoms with Gasteiger partial charge in [0.2, 0.25) is 10.0 Å². The minimum atomic E-state index is -3.61. The maximum Gasteiger partial charge on any atom is 0.253 e. The Morgan fingerprint density at radius 1 is 1.31 bits per heavy atom. The van der Waals surface area contributed by atoms with Gasteiger partial charge in [-0.05, 0) is 31.2 Å². The summed E-state index contributed by atoms with van der Waals surface area (Å²) in [5.74, 6) is -0.240. The minimum absolute atomic E-state index is 0.0640. The molecule has 1 aromatic carbocycles. The fourth-order valence-electron chi connectivity index (χ4n) is 3.19. The predicted molar refractivity (Wildman–Crippen MR) is 99.1 cm³/mol. The molecule has 2 aliphatic heterocycles. The zero-order chi connectivity index (χ0) is 18.7. The number of nitrogens with one attached hydrogen (secondary N) is 2. The van der Waals surface area contributed by atoms with E-state index in [1.54, 1.807) is 12.1 Å². The van der Waals surface area contributed by atoms with Crippen LogP contribution >= 0.6 is 0 Å². The Balaban J connectivity index is 1.96. The number of ether oxygens (including phenoxy) is 1. The van der Waals surface area contributed by atoms with Crippen molar-refractivity contribution in [1.29, 1.82) is 0 Å². The maximum absolute atomic E-state index is 12.9. The van der Waals surface area contributed by atoms with Crippen LogP contribution in [0.2, 0.25) is 0 Å². The summed E-state index contributed by atoms with van der Waals surface area (Å²) in [5, 5.41) is 6.23. The van der Waals surface area contributed by atoms with Crippen molar-refractivity contribution in [3.05, 3.63) is 23.8 Å². The van der Waals surface area contributed by atoms with Gasteiger partial charge < -0.3 is 20.3 Å². The average Bonchev–Trinajstić information content (AvgIpc) is 3.14. The van der Waals surface area contributed by atoms with Gasteiger partial charge in [-0.1, -0.05) is 0 Å². The molecule has 2 fully saturated rings. The zero-order valence-corrected chi connectivity index (χ0v) is 16.0. The van der Waals surface area contributed by atoms with E-state index in [0.29, 0.717) is 31.9 Å². The van der Waals surface area contributed by atoms with Gasteiger partial charge in [-0.25, -0.2) is 12.7 Å². The lowest BCUT2D eigenvalue weighted by Crippen LogP contribution is -2.40. The fraction of sp³-hybridized carbons (Fsp3) is 0.588. The molecule has 26 heavy (non-hydrogen) atoms. The fourth-order valence-corrected chi connectivity index (χ4v) is 4.12. The second-order valence-corrected chi connectivity index (χ2v) is 8.88. The number of anilines is 1. The molecule has 1 aromatic rings. The molecule has 2 heterocycles. The number of hydrogen-bond acceptors (Lipinski definition) is 6. The first-order valence-corrected chi connectivity index (χ1v) is 10.2. The first-order chi connectivity index (χ1) is 12.4. The van der Waals surface area contributed by atoms with Crippen molar-refractivity contribution in [2.45, 2.75) is 17.4 Å². The van der Waals surface area contributed by atoms with E-state index < -0.39 is 10.0 Å². The second kappa shape index (κ2) is 7.91. The third-order valence-corrected chi connectivity index (χ3v) is 6.55. The van der Waals surface area contributed by atoms with Crippen molar-refractivity contribution >= 4 is 21.6 Å². The molecule has 3 rings (SSSR count). The molecule has 144 valence electrons. The smallest absolute Gasteiger partial charge is 0.253 e. The number of morpholine rings is 1. The quantitative estimate of drug-likeness (QED) is 0.737. The number of nitrogens with zero attached hydrogens (tertiary/aromatic N) is 2. The molecule has 2 aliphatic rings. The van der Waals surface area contributed by atoms with Gasteiger partial charge in [0.25, 0.3) is 5.91 Å². The Labute approximate surface area is 154 Å². The van der Waals surface area contributed by atoms with Gasteiger partial charge in [0, 0.05) is 45.5 Å². The van der Waals surface area contributed by atoms with Crippen LogP contribution in [0.15, 0.2) is 23.1 Å². The third kappa shape index (κ3) is 4.01. The van der Waals surface area contributed by atoms with E-state index >= 15 is 0 Å². The Kier molecular flexibility index (Phi) is 5.81. The molecule has 0 saturated carbocycles. The van der Waals surface area contributed by atoms with Crippen LogP contribution in [0.25, 0.3) is 0 Å². The molecule has 0 bridgehead atoms. The summed E-state index contributed by atoms with van der Waals surface area (Å²) >= 11 is 0. The molecule has 0 radical (unpaired) electrons. The van der Waals surface area contributed by atoms with Gasteiger partial charge in [-0.3, -0.25) is 4.79 Å². The van der Waals surface area contributed by atoms with E-state index in [9.17, 15) is 13.2 Å². The molecule has 2 N–H and O–H groups in total. The zero-order valence-electron chi connectivity index (χ0n) is 15.2. The summed E-state index contributed by atoms with van der Waals surface area (Å²) in [7, 11) is -0.647. The van der Waals surface area contributed by atoms with Crippen LogP contribution in [0.4, 0.5) is 5.69 Å². The van der Waals surface area contributed by atoms with Gasteiger partial charge in [0.15, 0.2) is 0 Å². The van der Waals surface area contributed by atoms with Gasteiger partial charge in [0.05, 0.1) is 23.7 Å². The summed E-state index contributed by atoms with van der Waals surface area (Å²) in [4.78, 5) is 15.1. The van der Waals surface area contributed by atoms with E-state index in [1.807, 2.05) is 0 Å². The molecule has 1 atom stereocenters. The first-order valence-electron chi connectivity index (χ1n) is 8.80. The number of amides is 1. The minimum Gasteiger partial charge on any atom is -0.378 e. The van der Waals surface area contributed by atoms with E-state index in [-0.39, 0.29) is 16.8 Å². The largest absolute Gasteiger partial charge is 0.378 e. The predicted octanol–water partition coefficient (Wildman–Crippen LogP) is -0.135. The SMILES string of the molecule is CN(C)S(=O)(=O)c1ccc(N2CCOCC2)c(C(=O)NC2CCNC2)c1. The lowest BCUT2D eigenvalue weighted by Gasteiger charge is -2.31. The van der Waals surface area contributed by atoms with Crippen molar-refractivity contribution in [3.8, 4) is 0 Å². The molecule has 1 amide bonds. The van der Waals surface area contributed by atoms with E-state index in [2.05, 4.69) is 15.5 Å². The third-order valence-electron chi connectivity index (χ3n) is 4.74. The van der Waals surface area contributed by atoms with Crippen LogP contribution in [0.5, 0.6) is 0 Å². The molecule has 8 nitrogen and oxygen atoms in total. The monoisotopic (exact) mass is 382 g/mol. The van der Waals surface area contributed by atoms with Gasteiger partial charge in [-0.15, -0.1) is 0 Å². The van der Waals surface area contributed by atoms with Crippen molar-refractivity contribution in [2.24, 2.45) is 0 Å². The number of sulfonamides is 1. The highest BCUT2D eigenvalue weighted by Crippen LogP contribution is 2.26. The summed E-state index contributed by atoms with van der Waals surface area (Å²) in [6, 6.07) is 4.84. The number of rotatable bonds is 5. The molecule has 2 saturated heterocycles. The molecular weight excluding hydrogens is 356 g/mol. The molecule has 0 aromatic heterocycles. The van der Waals surface area contributed by atoms with E-state index in [1.165, 1.54) is 20.2 Å². The lowest BCUT2D eigenvalue weighted by molar-refractivity contribution is 0.0938. The van der Waals surface area contributed by atoms with Crippen LogP contribution < -0.4 is 15.5 Å². The van der Waals surface area contributed by atoms with Crippen molar-refractivity contribution in [3.63, 3.8) is 0 Å². The van der Waals surface area contributed by atoms with Gasteiger partial charge >= 0.3 is 0 Å². The van der Waals surface area contributed by atoms with E-state index in [0.717, 1.165) is 29.5 Å². The van der Waals surface area contributed by atoms with Gasteiger partial charge in [0.1, 0.15) is 0 Å². The average molecular weight is 382 g/mol. The molecular formula is C17H26N4O4S. The number of hydrogen-bond donors (Lipinski definition) is 2. The summed E-state index contributed by atoms with van der Waals surface area (Å²) in [5.41, 5.74) is 1.14. The Hall–Kier alpha value is -1.68. The van der Waals surface area contributed by atoms with Crippen molar-refractivity contribution in [2.75, 3.05) is 58.4 Å². The van der Waals surface area contributed by atoms with Crippen LogP contribution in [0, 0.1) is 0 Å². The highest BCUT2D eigenvalue weighted by atomic mass is 32.2. The first kappa shape index (κ1) is 19.1. The lowest BCUT2D eigenvalue weighted by atomic mass is 10.1. The molecule has 0 aliphatic carbocycles. The second-order valence-electron chi connectivity index (χ2n) is 6.73. The Morgan fingerprint density at radius 2 is 2.04 bits per heavy atom. The Bertz CT molecular complexity index is 754. The highest BCUT2D eigenvalue weighted by molar-refractivity contribution is 7.89. The molecule has 1 unspecified atom stereocenters. The maximum atomic E-state index is 12.9. The highest BCUT2D eigenvalue weighted by Gasteiger charge is 2.26. The Morgan fingerprint density at radius 3 is 2.65 bits per heavy atom. The number of carbonyl (C=O) groups excluding carboxylic acids is 1. The summed E-state index contributed by atoms with van der Waals surface area (Å²) in [6.45, 7) is 4.12. The number of benzene rings is 1. The van der Waals surface area contributed by atoms with Crippen LogP contribution in [-0.4, -0.2) is 78.2 Å². The normalized spacial score (nSPS) is 21.2. The number of carbonyl (C=O) groups is 1. The van der Waals surface area contributed by atoms with Gasteiger partial charge in [-0.2, -0.15) is 0 Å². The van der Waals surface area contributed by atoms with Crippen molar-refractivity contribution < 1.29 is 17.9 Å². The van der Waals surface area contributed by atoms with Crippen LogP contribution in [-0.2, 0) is 14.8 Å². The topological polar surface area (TPSA) is 91.0 Å². The summed E-state index contributed by atoms with van der Waals surface area (Å²) in [6.07, 6.45) is 0.869.